The van der Waals surface area contributed by atoms with Gasteiger partial charge in [-0.15, -0.1) is 0 Å². The summed E-state index contributed by atoms with van der Waals surface area (Å²) in [5.41, 5.74) is 1.70. The van der Waals surface area contributed by atoms with Gasteiger partial charge in [-0.2, -0.15) is 0 Å². The summed E-state index contributed by atoms with van der Waals surface area (Å²) in [7, 11) is 3.54. The molecule has 3 rings (SSSR count). The van der Waals surface area contributed by atoms with Gasteiger partial charge in [0.05, 0.1) is 6.54 Å². The summed E-state index contributed by atoms with van der Waals surface area (Å²) in [6.45, 7) is 0.126. The molecule has 1 amide bonds. The Bertz CT molecular complexity index is 870. The lowest BCUT2D eigenvalue weighted by molar-refractivity contribution is -0.116. The first-order valence-corrected chi connectivity index (χ1v) is 8.20. The molecule has 0 atom stereocenters. The number of amides is 1. The number of hydrogen-bond acceptors (Lipinski definition) is 6. The zero-order chi connectivity index (χ0) is 18.4. The largest absolute Gasteiger partial charge is 0.373 e. The number of likely N-dealkylation sites (N-methyl/N-ethyl adjacent to an activating group) is 1. The predicted molar refractivity (Wildman–Crippen MR) is 103 cm³/mol. The first-order chi connectivity index (χ1) is 12.7. The van der Waals surface area contributed by atoms with Crippen molar-refractivity contribution < 1.29 is 4.79 Å². The fourth-order valence-electron chi connectivity index (χ4n) is 2.38. The molecular weight excluding hydrogens is 328 g/mol. The fourth-order valence-corrected chi connectivity index (χ4v) is 2.38. The average Bonchev–Trinajstić information content (AvgIpc) is 2.72. The number of nitrogens with zero attached hydrogens (tertiary/aromatic N) is 4. The van der Waals surface area contributed by atoms with Crippen molar-refractivity contribution in [2.75, 3.05) is 36.2 Å². The van der Waals surface area contributed by atoms with Crippen molar-refractivity contribution in [1.29, 1.82) is 0 Å². The predicted octanol–water partition coefficient (Wildman–Crippen LogP) is 2.66. The van der Waals surface area contributed by atoms with Crippen LogP contribution in [-0.2, 0) is 4.79 Å². The van der Waals surface area contributed by atoms with Crippen LogP contribution < -0.4 is 15.5 Å². The van der Waals surface area contributed by atoms with Crippen LogP contribution in [0.15, 0.2) is 60.9 Å². The number of carbonyl (C=O) groups is 1. The molecule has 1 aromatic carbocycles. The number of para-hydroxylation sites is 1. The van der Waals surface area contributed by atoms with E-state index in [1.54, 1.807) is 37.5 Å². The zero-order valence-corrected chi connectivity index (χ0v) is 14.7. The van der Waals surface area contributed by atoms with Crippen LogP contribution in [0.1, 0.15) is 0 Å². The third-order valence-electron chi connectivity index (χ3n) is 3.86. The highest BCUT2D eigenvalue weighted by Crippen LogP contribution is 2.19. The number of benzene rings is 1. The highest BCUT2D eigenvalue weighted by molar-refractivity contribution is 5.95. The molecule has 0 aliphatic heterocycles. The molecule has 26 heavy (non-hydrogen) atoms. The van der Waals surface area contributed by atoms with Gasteiger partial charge in [-0.3, -0.25) is 9.78 Å². The van der Waals surface area contributed by atoms with E-state index < -0.39 is 0 Å². The molecule has 7 nitrogen and oxygen atoms in total. The number of pyridine rings is 1. The Hall–Kier alpha value is -3.48. The fraction of sp³-hybridized carbons (Fsp3) is 0.158. The van der Waals surface area contributed by atoms with Gasteiger partial charge in [0.15, 0.2) is 5.82 Å². The van der Waals surface area contributed by atoms with Gasteiger partial charge in [0.1, 0.15) is 11.6 Å². The maximum Gasteiger partial charge on any atom is 0.246 e. The maximum atomic E-state index is 12.4. The molecule has 3 aromatic rings. The Kier molecular flexibility index (Phi) is 5.38. The minimum absolute atomic E-state index is 0.0636. The van der Waals surface area contributed by atoms with Crippen LogP contribution in [0.2, 0.25) is 0 Å². The molecule has 132 valence electrons. The van der Waals surface area contributed by atoms with Crippen LogP contribution in [0, 0.1) is 0 Å². The van der Waals surface area contributed by atoms with Crippen LogP contribution >= 0.6 is 0 Å². The smallest absolute Gasteiger partial charge is 0.246 e. The van der Waals surface area contributed by atoms with E-state index in [9.17, 15) is 4.79 Å². The minimum Gasteiger partial charge on any atom is -0.373 e. The lowest BCUT2D eigenvalue weighted by atomic mass is 10.2. The van der Waals surface area contributed by atoms with Crippen LogP contribution in [0.3, 0.4) is 0 Å². The van der Waals surface area contributed by atoms with Crippen molar-refractivity contribution in [1.82, 2.24) is 15.0 Å². The Morgan fingerprint density at radius 3 is 2.42 bits per heavy atom. The lowest BCUT2D eigenvalue weighted by Gasteiger charge is -2.18. The molecule has 2 N–H and O–H groups in total. The Labute approximate surface area is 152 Å². The van der Waals surface area contributed by atoms with Gasteiger partial charge < -0.3 is 15.5 Å². The molecule has 0 spiro atoms. The van der Waals surface area contributed by atoms with Crippen LogP contribution in [0.25, 0.3) is 11.4 Å². The van der Waals surface area contributed by atoms with E-state index in [1.165, 1.54) is 0 Å². The topological polar surface area (TPSA) is 83.0 Å². The number of anilines is 3. The maximum absolute atomic E-state index is 12.4. The van der Waals surface area contributed by atoms with Crippen LogP contribution in [-0.4, -0.2) is 41.5 Å². The minimum atomic E-state index is -0.0636. The van der Waals surface area contributed by atoms with Gasteiger partial charge >= 0.3 is 0 Å². The summed E-state index contributed by atoms with van der Waals surface area (Å²) in [5.74, 6) is 1.74. The lowest BCUT2D eigenvalue weighted by Crippen LogP contribution is -2.32. The van der Waals surface area contributed by atoms with E-state index in [0.717, 1.165) is 11.3 Å². The Morgan fingerprint density at radius 2 is 1.73 bits per heavy atom. The molecule has 0 aliphatic rings. The molecule has 0 radical (unpaired) electrons. The summed E-state index contributed by atoms with van der Waals surface area (Å²) in [6, 6.07) is 14.9. The van der Waals surface area contributed by atoms with Crippen molar-refractivity contribution in [3.63, 3.8) is 0 Å². The normalized spacial score (nSPS) is 10.2. The van der Waals surface area contributed by atoms with Gasteiger partial charge in [-0.05, 0) is 24.3 Å². The van der Waals surface area contributed by atoms with E-state index in [0.29, 0.717) is 17.5 Å². The Balaban J connectivity index is 1.74. The van der Waals surface area contributed by atoms with Crippen LogP contribution in [0.4, 0.5) is 17.3 Å². The summed E-state index contributed by atoms with van der Waals surface area (Å²) < 4.78 is 0. The first-order valence-electron chi connectivity index (χ1n) is 8.20. The summed E-state index contributed by atoms with van der Waals surface area (Å²) in [5, 5.41) is 6.09. The number of carbonyl (C=O) groups excluding carboxylic acids is 1. The van der Waals surface area contributed by atoms with Gasteiger partial charge in [0, 0.05) is 43.8 Å². The van der Waals surface area contributed by atoms with Crippen molar-refractivity contribution >= 4 is 23.2 Å². The molecule has 2 heterocycles. The van der Waals surface area contributed by atoms with Gasteiger partial charge in [-0.1, -0.05) is 18.2 Å². The Morgan fingerprint density at radius 1 is 1.04 bits per heavy atom. The third kappa shape index (κ3) is 4.13. The van der Waals surface area contributed by atoms with E-state index in [-0.39, 0.29) is 12.5 Å². The third-order valence-corrected chi connectivity index (χ3v) is 3.86. The molecule has 0 unspecified atom stereocenters. The van der Waals surface area contributed by atoms with E-state index in [4.69, 9.17) is 0 Å². The summed E-state index contributed by atoms with van der Waals surface area (Å²) >= 11 is 0. The molecule has 0 saturated heterocycles. The van der Waals surface area contributed by atoms with Crippen molar-refractivity contribution in [2.24, 2.45) is 0 Å². The van der Waals surface area contributed by atoms with Crippen molar-refractivity contribution in [3.8, 4) is 11.4 Å². The molecule has 0 saturated carbocycles. The van der Waals surface area contributed by atoms with Gasteiger partial charge in [-0.25, -0.2) is 9.97 Å². The first kappa shape index (κ1) is 17.3. The second-order valence-corrected chi connectivity index (χ2v) is 5.59. The molecule has 7 heteroatoms. The average molecular weight is 348 g/mol. The number of rotatable bonds is 6. The highest BCUT2D eigenvalue weighted by atomic mass is 16.2. The van der Waals surface area contributed by atoms with Crippen molar-refractivity contribution in [2.45, 2.75) is 0 Å². The van der Waals surface area contributed by atoms with Gasteiger partial charge in [0.25, 0.3) is 0 Å². The number of nitrogens with one attached hydrogen (secondary N) is 2. The number of hydrogen-bond donors (Lipinski definition) is 2. The SMILES string of the molecule is CNc1cc(NCC(=O)N(C)c2ccccc2)nc(-c2ccncc2)n1. The second-order valence-electron chi connectivity index (χ2n) is 5.59. The molecular formula is C19H20N6O. The van der Waals surface area contributed by atoms with Crippen LogP contribution in [0.5, 0.6) is 0 Å². The van der Waals surface area contributed by atoms with Crippen molar-refractivity contribution in [3.05, 3.63) is 60.9 Å². The van der Waals surface area contributed by atoms with E-state index in [1.807, 2.05) is 42.5 Å². The monoisotopic (exact) mass is 348 g/mol. The van der Waals surface area contributed by atoms with E-state index >= 15 is 0 Å². The van der Waals surface area contributed by atoms with Gasteiger partial charge in [0.2, 0.25) is 5.91 Å². The molecule has 2 aromatic heterocycles. The van der Waals surface area contributed by atoms with E-state index in [2.05, 4.69) is 25.6 Å². The summed E-state index contributed by atoms with van der Waals surface area (Å²) in [4.78, 5) is 27.0. The standard InChI is InChI=1S/C19H20N6O/c1-20-16-12-17(24-19(23-16)14-8-10-21-11-9-14)22-13-18(26)25(2)15-6-4-3-5-7-15/h3-12H,13H2,1-2H3,(H2,20,22,23,24). The number of aromatic nitrogens is 3. The molecule has 0 bridgehead atoms. The summed E-state index contributed by atoms with van der Waals surface area (Å²) in [6.07, 6.45) is 3.38. The zero-order valence-electron chi connectivity index (χ0n) is 14.7. The highest BCUT2D eigenvalue weighted by Gasteiger charge is 2.12. The molecule has 0 fully saturated rings. The second kappa shape index (κ2) is 8.06. The molecule has 0 aliphatic carbocycles. The quantitative estimate of drug-likeness (QED) is 0.713.